The summed E-state index contributed by atoms with van der Waals surface area (Å²) in [5.41, 5.74) is 2.25. The molecule has 1 aliphatic heterocycles. The number of nitrogens with zero attached hydrogens (tertiary/aromatic N) is 2. The number of aromatic nitrogens is 1. The van der Waals surface area contributed by atoms with E-state index in [0.29, 0.717) is 25.1 Å². The zero-order valence-corrected chi connectivity index (χ0v) is 17.8. The number of hydrogen-bond donors (Lipinski definition) is 1. The molecule has 0 spiro atoms. The number of rotatable bonds is 5. The first-order valence-corrected chi connectivity index (χ1v) is 11.0. The van der Waals surface area contributed by atoms with E-state index in [1.807, 2.05) is 17.0 Å². The number of benzene rings is 1. The molecule has 1 fully saturated rings. The van der Waals surface area contributed by atoms with Gasteiger partial charge in [-0.1, -0.05) is 30.3 Å². The Bertz CT molecular complexity index is 1020. The van der Waals surface area contributed by atoms with E-state index in [9.17, 15) is 9.59 Å². The van der Waals surface area contributed by atoms with Gasteiger partial charge in [-0.2, -0.15) is 0 Å². The van der Waals surface area contributed by atoms with Crippen LogP contribution in [0.1, 0.15) is 28.8 Å². The van der Waals surface area contributed by atoms with Crippen LogP contribution in [0, 0.1) is 5.41 Å². The highest BCUT2D eigenvalue weighted by Crippen LogP contribution is 2.36. The maximum absolute atomic E-state index is 13.1. The van der Waals surface area contributed by atoms with E-state index in [4.69, 9.17) is 0 Å². The minimum atomic E-state index is -0.635. The third kappa shape index (κ3) is 4.14. The van der Waals surface area contributed by atoms with E-state index in [1.165, 1.54) is 4.88 Å². The van der Waals surface area contributed by atoms with Crippen LogP contribution in [-0.4, -0.2) is 41.8 Å². The summed E-state index contributed by atoms with van der Waals surface area (Å²) in [5.74, 6) is -0.0473. The molecule has 0 aliphatic carbocycles. The zero-order valence-electron chi connectivity index (χ0n) is 17.0. The van der Waals surface area contributed by atoms with Crippen LogP contribution in [0.5, 0.6) is 0 Å². The van der Waals surface area contributed by atoms with Crippen molar-refractivity contribution in [1.29, 1.82) is 0 Å². The maximum atomic E-state index is 13.1. The molecule has 2 aromatic heterocycles. The lowest BCUT2D eigenvalue weighted by molar-refractivity contribution is -0.133. The normalized spacial score (nSPS) is 18.8. The minimum absolute atomic E-state index is 0.00347. The van der Waals surface area contributed by atoms with E-state index >= 15 is 0 Å². The van der Waals surface area contributed by atoms with E-state index in [2.05, 4.69) is 39.9 Å². The SMILES string of the molecule is CNC(=O)C1(Cc2cccc(-c3cccs3)c2)CCCN(C(=O)c2ccncc2)C1. The van der Waals surface area contributed by atoms with E-state index in [1.54, 1.807) is 42.9 Å². The van der Waals surface area contributed by atoms with Crippen molar-refractivity contribution in [2.45, 2.75) is 19.3 Å². The smallest absolute Gasteiger partial charge is 0.253 e. The molecule has 30 heavy (non-hydrogen) atoms. The predicted octanol–water partition coefficient (Wildman–Crippen LogP) is 4.02. The number of carbonyl (C=O) groups excluding carboxylic acids is 2. The number of hydrogen-bond acceptors (Lipinski definition) is 4. The summed E-state index contributed by atoms with van der Waals surface area (Å²) in [5, 5.41) is 4.92. The number of carbonyl (C=O) groups is 2. The Hall–Kier alpha value is -2.99. The highest BCUT2D eigenvalue weighted by molar-refractivity contribution is 7.13. The Labute approximate surface area is 180 Å². The second-order valence-electron chi connectivity index (χ2n) is 7.78. The predicted molar refractivity (Wildman–Crippen MR) is 119 cm³/mol. The van der Waals surface area contributed by atoms with Crippen molar-refractivity contribution in [3.63, 3.8) is 0 Å². The quantitative estimate of drug-likeness (QED) is 0.679. The molecule has 1 saturated heterocycles. The van der Waals surface area contributed by atoms with Crippen LogP contribution < -0.4 is 5.32 Å². The fourth-order valence-electron chi connectivity index (χ4n) is 4.33. The molecule has 0 radical (unpaired) electrons. The molecule has 2 amide bonds. The van der Waals surface area contributed by atoms with Gasteiger partial charge in [0.1, 0.15) is 0 Å². The summed E-state index contributed by atoms with van der Waals surface area (Å²) in [6.45, 7) is 1.08. The average molecular weight is 420 g/mol. The number of amides is 2. The molecule has 4 rings (SSSR count). The van der Waals surface area contributed by atoms with E-state index < -0.39 is 5.41 Å². The van der Waals surface area contributed by atoms with Gasteiger partial charge in [0.05, 0.1) is 5.41 Å². The largest absolute Gasteiger partial charge is 0.359 e. The molecule has 3 aromatic rings. The molecule has 1 unspecified atom stereocenters. The second-order valence-corrected chi connectivity index (χ2v) is 8.73. The van der Waals surface area contributed by atoms with Crippen molar-refractivity contribution in [3.8, 4) is 10.4 Å². The summed E-state index contributed by atoms with van der Waals surface area (Å²) in [4.78, 5) is 33.1. The molecule has 1 aromatic carbocycles. The lowest BCUT2D eigenvalue weighted by atomic mass is 9.74. The molecule has 0 saturated carbocycles. The van der Waals surface area contributed by atoms with Gasteiger partial charge in [-0.05, 0) is 54.0 Å². The Balaban J connectivity index is 1.61. The first-order valence-electron chi connectivity index (χ1n) is 10.2. The highest BCUT2D eigenvalue weighted by atomic mass is 32.1. The number of likely N-dealkylation sites (tertiary alicyclic amines) is 1. The summed E-state index contributed by atoms with van der Waals surface area (Å²) in [7, 11) is 1.68. The molecular weight excluding hydrogens is 394 g/mol. The molecule has 0 bridgehead atoms. The van der Waals surface area contributed by atoms with Crippen LogP contribution >= 0.6 is 11.3 Å². The van der Waals surface area contributed by atoms with Crippen LogP contribution in [0.3, 0.4) is 0 Å². The molecule has 154 valence electrons. The standard InChI is InChI=1S/C24H25N3O2S/c1-25-23(29)24(16-18-5-2-6-20(15-18)21-7-3-14-30-21)10-4-13-27(17-24)22(28)19-8-11-26-12-9-19/h2-3,5-9,11-12,14-15H,4,10,13,16-17H2,1H3,(H,25,29). The van der Waals surface area contributed by atoms with Gasteiger partial charge in [-0.25, -0.2) is 0 Å². The van der Waals surface area contributed by atoms with Gasteiger partial charge >= 0.3 is 0 Å². The average Bonchev–Trinajstić information content (AvgIpc) is 3.34. The number of thiophene rings is 1. The molecule has 3 heterocycles. The first kappa shape index (κ1) is 20.3. The van der Waals surface area contributed by atoms with Crippen LogP contribution in [0.4, 0.5) is 0 Å². The Kier molecular flexibility index (Phi) is 5.95. The molecular formula is C24H25N3O2S. The Morgan fingerprint density at radius 3 is 2.73 bits per heavy atom. The van der Waals surface area contributed by atoms with Gasteiger partial charge in [0.25, 0.3) is 5.91 Å². The Morgan fingerprint density at radius 1 is 1.17 bits per heavy atom. The monoisotopic (exact) mass is 419 g/mol. The van der Waals surface area contributed by atoms with Crippen LogP contribution in [0.15, 0.2) is 66.3 Å². The number of piperidine rings is 1. The van der Waals surface area contributed by atoms with Crippen LogP contribution in [0.25, 0.3) is 10.4 Å². The topological polar surface area (TPSA) is 62.3 Å². The summed E-state index contributed by atoms with van der Waals surface area (Å²) in [6.07, 6.45) is 5.41. The lowest BCUT2D eigenvalue weighted by Crippen LogP contribution is -2.54. The third-order valence-corrected chi connectivity index (χ3v) is 6.69. The van der Waals surface area contributed by atoms with Gasteiger partial charge in [0, 0.05) is 43.0 Å². The van der Waals surface area contributed by atoms with Gasteiger partial charge in [-0.15, -0.1) is 11.3 Å². The third-order valence-electron chi connectivity index (χ3n) is 5.78. The molecule has 5 nitrogen and oxygen atoms in total. The zero-order chi connectivity index (χ0) is 21.0. The van der Waals surface area contributed by atoms with Crippen molar-refractivity contribution < 1.29 is 9.59 Å². The fourth-order valence-corrected chi connectivity index (χ4v) is 5.05. The number of pyridine rings is 1. The maximum Gasteiger partial charge on any atom is 0.253 e. The van der Waals surface area contributed by atoms with Crippen molar-refractivity contribution in [1.82, 2.24) is 15.2 Å². The summed E-state index contributed by atoms with van der Waals surface area (Å²) >= 11 is 1.71. The van der Waals surface area contributed by atoms with Gasteiger partial charge in [0.2, 0.25) is 5.91 Å². The van der Waals surface area contributed by atoms with Crippen molar-refractivity contribution in [2.24, 2.45) is 5.41 Å². The molecule has 1 N–H and O–H groups in total. The fraction of sp³-hybridized carbons (Fsp3) is 0.292. The Morgan fingerprint density at radius 2 is 2.00 bits per heavy atom. The van der Waals surface area contributed by atoms with Crippen LogP contribution in [-0.2, 0) is 11.2 Å². The molecule has 6 heteroatoms. The van der Waals surface area contributed by atoms with Gasteiger partial charge in [0.15, 0.2) is 0 Å². The number of nitrogens with one attached hydrogen (secondary N) is 1. The second kappa shape index (κ2) is 8.79. The van der Waals surface area contributed by atoms with Crippen molar-refractivity contribution in [3.05, 3.63) is 77.4 Å². The van der Waals surface area contributed by atoms with Crippen molar-refractivity contribution >= 4 is 23.2 Å². The minimum Gasteiger partial charge on any atom is -0.359 e. The van der Waals surface area contributed by atoms with Gasteiger partial charge < -0.3 is 10.2 Å². The van der Waals surface area contributed by atoms with Crippen LogP contribution in [0.2, 0.25) is 0 Å². The van der Waals surface area contributed by atoms with Gasteiger partial charge in [-0.3, -0.25) is 14.6 Å². The summed E-state index contributed by atoms with van der Waals surface area (Å²) < 4.78 is 0. The van der Waals surface area contributed by atoms with Crippen molar-refractivity contribution in [2.75, 3.05) is 20.1 Å². The molecule has 1 atom stereocenters. The first-order chi connectivity index (χ1) is 14.6. The molecule has 1 aliphatic rings. The van der Waals surface area contributed by atoms with E-state index in [-0.39, 0.29) is 11.8 Å². The lowest BCUT2D eigenvalue weighted by Gasteiger charge is -2.41. The van der Waals surface area contributed by atoms with E-state index in [0.717, 1.165) is 24.0 Å². The highest BCUT2D eigenvalue weighted by Gasteiger charge is 2.43. The summed E-state index contributed by atoms with van der Waals surface area (Å²) in [6, 6.07) is 16.0.